The number of aromatic nitrogens is 2. The molecule has 0 saturated heterocycles. The molecule has 0 aliphatic carbocycles. The average molecular weight is 261 g/mol. The molecule has 2 rings (SSSR count). The lowest BCUT2D eigenvalue weighted by Crippen LogP contribution is -2.02. The van der Waals surface area contributed by atoms with E-state index in [9.17, 15) is 0 Å². The van der Waals surface area contributed by atoms with E-state index in [0.29, 0.717) is 5.15 Å². The van der Waals surface area contributed by atoms with Crippen molar-refractivity contribution >= 4 is 11.6 Å². The highest BCUT2D eigenvalue weighted by atomic mass is 35.5. The van der Waals surface area contributed by atoms with Crippen molar-refractivity contribution in [3.05, 3.63) is 58.6 Å². The fourth-order valence-corrected chi connectivity index (χ4v) is 2.14. The minimum atomic E-state index is 0.552. The molecule has 2 aromatic rings. The van der Waals surface area contributed by atoms with Gasteiger partial charge in [0.15, 0.2) is 0 Å². The zero-order valence-corrected chi connectivity index (χ0v) is 11.3. The number of aryl methyl sites for hydroxylation is 3. The maximum atomic E-state index is 6.02. The second kappa shape index (κ2) is 6.50. The van der Waals surface area contributed by atoms with Gasteiger partial charge in [0.1, 0.15) is 11.0 Å². The Labute approximate surface area is 113 Å². The zero-order chi connectivity index (χ0) is 12.8. The largest absolute Gasteiger partial charge is 0.238 e. The molecular weight excluding hydrogens is 244 g/mol. The van der Waals surface area contributed by atoms with Crippen molar-refractivity contribution in [1.82, 2.24) is 9.97 Å². The van der Waals surface area contributed by atoms with Crippen molar-refractivity contribution in [1.29, 1.82) is 0 Å². The summed E-state index contributed by atoms with van der Waals surface area (Å²) >= 11 is 6.02. The topological polar surface area (TPSA) is 25.8 Å². The Hall–Kier alpha value is -1.41. The molecule has 2 nitrogen and oxygen atoms in total. The lowest BCUT2D eigenvalue weighted by atomic mass is 10.1. The molecular formula is C15H17ClN2. The molecule has 1 heterocycles. The SMILES string of the molecule is CCCc1cc(Cl)nc(CCc2ccccc2)n1. The third-order valence-corrected chi connectivity index (χ3v) is 2.97. The molecule has 0 bridgehead atoms. The molecule has 0 aliphatic heterocycles. The molecule has 0 spiro atoms. The number of nitrogens with zero attached hydrogens (tertiary/aromatic N) is 2. The van der Waals surface area contributed by atoms with Gasteiger partial charge in [0.2, 0.25) is 0 Å². The second-order valence-electron chi connectivity index (χ2n) is 4.33. The summed E-state index contributed by atoms with van der Waals surface area (Å²) in [6, 6.07) is 12.2. The van der Waals surface area contributed by atoms with Crippen LogP contribution in [0.15, 0.2) is 36.4 Å². The lowest BCUT2D eigenvalue weighted by Gasteiger charge is -2.04. The molecule has 1 aromatic heterocycles. The van der Waals surface area contributed by atoms with Crippen molar-refractivity contribution in [2.24, 2.45) is 0 Å². The molecule has 94 valence electrons. The van der Waals surface area contributed by atoms with Crippen LogP contribution in [0, 0.1) is 0 Å². The van der Waals surface area contributed by atoms with Gasteiger partial charge in [-0.05, 0) is 24.5 Å². The summed E-state index contributed by atoms with van der Waals surface area (Å²) in [6.07, 6.45) is 3.82. The Balaban J connectivity index is 2.05. The first-order valence-corrected chi connectivity index (χ1v) is 6.72. The van der Waals surface area contributed by atoms with Gasteiger partial charge < -0.3 is 0 Å². The van der Waals surface area contributed by atoms with E-state index < -0.39 is 0 Å². The second-order valence-corrected chi connectivity index (χ2v) is 4.72. The van der Waals surface area contributed by atoms with Crippen LogP contribution >= 0.6 is 11.6 Å². The van der Waals surface area contributed by atoms with Crippen LogP contribution in [0.4, 0.5) is 0 Å². The van der Waals surface area contributed by atoms with E-state index >= 15 is 0 Å². The quantitative estimate of drug-likeness (QED) is 0.763. The molecule has 0 atom stereocenters. The Bertz CT molecular complexity index is 497. The van der Waals surface area contributed by atoms with Crippen LogP contribution < -0.4 is 0 Å². The molecule has 0 N–H and O–H groups in total. The Kier molecular flexibility index (Phi) is 4.71. The Morgan fingerprint density at radius 1 is 1.00 bits per heavy atom. The molecule has 3 heteroatoms. The highest BCUT2D eigenvalue weighted by Gasteiger charge is 2.03. The van der Waals surface area contributed by atoms with Crippen molar-refractivity contribution in [2.45, 2.75) is 32.6 Å². The van der Waals surface area contributed by atoms with Crippen LogP contribution in [0.1, 0.15) is 30.4 Å². The summed E-state index contributed by atoms with van der Waals surface area (Å²) in [5.74, 6) is 0.842. The zero-order valence-electron chi connectivity index (χ0n) is 10.6. The van der Waals surface area contributed by atoms with Gasteiger partial charge in [-0.2, -0.15) is 0 Å². The molecule has 18 heavy (non-hydrogen) atoms. The summed E-state index contributed by atoms with van der Waals surface area (Å²) in [5, 5.41) is 0.552. The number of hydrogen-bond donors (Lipinski definition) is 0. The van der Waals surface area contributed by atoms with Gasteiger partial charge >= 0.3 is 0 Å². The molecule has 0 saturated carbocycles. The highest BCUT2D eigenvalue weighted by Crippen LogP contribution is 2.11. The number of hydrogen-bond acceptors (Lipinski definition) is 2. The molecule has 0 aliphatic rings. The van der Waals surface area contributed by atoms with E-state index in [-0.39, 0.29) is 0 Å². The summed E-state index contributed by atoms with van der Waals surface area (Å²) in [5.41, 5.74) is 2.35. The summed E-state index contributed by atoms with van der Waals surface area (Å²) in [7, 11) is 0. The monoisotopic (exact) mass is 260 g/mol. The van der Waals surface area contributed by atoms with Crippen LogP contribution in [0.5, 0.6) is 0 Å². The van der Waals surface area contributed by atoms with E-state index in [4.69, 9.17) is 11.6 Å². The number of benzene rings is 1. The molecule has 0 radical (unpaired) electrons. The van der Waals surface area contributed by atoms with Crippen LogP contribution in [0.25, 0.3) is 0 Å². The van der Waals surface area contributed by atoms with Crippen molar-refractivity contribution in [3.8, 4) is 0 Å². The van der Waals surface area contributed by atoms with Gasteiger partial charge in [-0.3, -0.25) is 0 Å². The maximum Gasteiger partial charge on any atom is 0.133 e. The van der Waals surface area contributed by atoms with E-state index in [1.807, 2.05) is 12.1 Å². The molecule has 1 aromatic carbocycles. The van der Waals surface area contributed by atoms with E-state index in [1.54, 1.807) is 0 Å². The normalized spacial score (nSPS) is 10.6. The van der Waals surface area contributed by atoms with Crippen molar-refractivity contribution < 1.29 is 0 Å². The maximum absolute atomic E-state index is 6.02. The summed E-state index contributed by atoms with van der Waals surface area (Å²) < 4.78 is 0. The van der Waals surface area contributed by atoms with Gasteiger partial charge in [-0.25, -0.2) is 9.97 Å². The minimum Gasteiger partial charge on any atom is -0.238 e. The van der Waals surface area contributed by atoms with Gasteiger partial charge in [0, 0.05) is 12.1 Å². The van der Waals surface area contributed by atoms with Crippen LogP contribution in [-0.4, -0.2) is 9.97 Å². The van der Waals surface area contributed by atoms with Crippen LogP contribution in [-0.2, 0) is 19.3 Å². The summed E-state index contributed by atoms with van der Waals surface area (Å²) in [4.78, 5) is 8.83. The average Bonchev–Trinajstić information content (AvgIpc) is 2.37. The molecule has 0 unspecified atom stereocenters. The van der Waals surface area contributed by atoms with Gasteiger partial charge in [-0.1, -0.05) is 55.3 Å². The Morgan fingerprint density at radius 3 is 2.50 bits per heavy atom. The van der Waals surface area contributed by atoms with Crippen molar-refractivity contribution in [3.63, 3.8) is 0 Å². The smallest absolute Gasteiger partial charge is 0.133 e. The number of rotatable bonds is 5. The van der Waals surface area contributed by atoms with Crippen molar-refractivity contribution in [2.75, 3.05) is 0 Å². The van der Waals surface area contributed by atoms with Crippen LogP contribution in [0.3, 0.4) is 0 Å². The predicted octanol–water partition coefficient (Wildman–Crippen LogP) is 3.87. The van der Waals surface area contributed by atoms with E-state index in [0.717, 1.165) is 37.2 Å². The van der Waals surface area contributed by atoms with Gasteiger partial charge in [-0.15, -0.1) is 0 Å². The first kappa shape index (κ1) is 13.0. The van der Waals surface area contributed by atoms with E-state index in [1.165, 1.54) is 5.56 Å². The van der Waals surface area contributed by atoms with Gasteiger partial charge in [0.05, 0.1) is 0 Å². The molecule has 0 amide bonds. The molecule has 0 fully saturated rings. The standard InChI is InChI=1S/C15H17ClN2/c1-2-6-13-11-14(16)18-15(17-13)10-9-12-7-4-3-5-8-12/h3-5,7-8,11H,2,6,9-10H2,1H3. The minimum absolute atomic E-state index is 0.552. The first-order valence-electron chi connectivity index (χ1n) is 6.34. The fourth-order valence-electron chi connectivity index (χ4n) is 1.91. The third-order valence-electron chi connectivity index (χ3n) is 2.78. The lowest BCUT2D eigenvalue weighted by molar-refractivity contribution is 0.806. The third kappa shape index (κ3) is 3.81. The first-order chi connectivity index (χ1) is 8.78. The summed E-state index contributed by atoms with van der Waals surface area (Å²) in [6.45, 7) is 2.14. The van der Waals surface area contributed by atoms with Crippen LogP contribution in [0.2, 0.25) is 5.15 Å². The number of halogens is 1. The highest BCUT2D eigenvalue weighted by molar-refractivity contribution is 6.29. The van der Waals surface area contributed by atoms with Gasteiger partial charge in [0.25, 0.3) is 0 Å². The fraction of sp³-hybridized carbons (Fsp3) is 0.333. The Morgan fingerprint density at radius 2 is 1.78 bits per heavy atom. The van der Waals surface area contributed by atoms with E-state index in [2.05, 4.69) is 41.2 Å². The predicted molar refractivity (Wildman–Crippen MR) is 74.9 cm³/mol.